The first-order valence-electron chi connectivity index (χ1n) is 13.9. The van der Waals surface area contributed by atoms with E-state index < -0.39 is 11.9 Å². The van der Waals surface area contributed by atoms with Crippen molar-refractivity contribution in [1.29, 1.82) is 5.26 Å². The SMILES string of the molecule is CCCCCOc1ccc(C2C(C#N)=C(N)Oc3cc(OC(=O)COc4ccc(C)c(C)c4)ccc32)cc1OCC. The number of hydrogen-bond acceptors (Lipinski definition) is 8. The average molecular weight is 557 g/mol. The second-order valence-electron chi connectivity index (χ2n) is 9.83. The molecule has 0 spiro atoms. The summed E-state index contributed by atoms with van der Waals surface area (Å²) in [5.41, 5.74) is 10.2. The number of benzene rings is 3. The molecular weight excluding hydrogens is 520 g/mol. The van der Waals surface area contributed by atoms with E-state index in [-0.39, 0.29) is 23.8 Å². The Bertz CT molecular complexity index is 1470. The Hall–Kier alpha value is -4.64. The molecule has 1 heterocycles. The molecule has 8 heteroatoms. The van der Waals surface area contributed by atoms with Crippen LogP contribution in [0.2, 0.25) is 0 Å². The summed E-state index contributed by atoms with van der Waals surface area (Å²) in [6.07, 6.45) is 3.16. The van der Waals surface area contributed by atoms with Crippen LogP contribution in [0.25, 0.3) is 0 Å². The zero-order chi connectivity index (χ0) is 29.4. The molecule has 0 radical (unpaired) electrons. The van der Waals surface area contributed by atoms with Crippen LogP contribution in [0.4, 0.5) is 0 Å². The minimum atomic E-state index is -0.562. The van der Waals surface area contributed by atoms with Crippen molar-refractivity contribution in [2.45, 2.75) is 52.9 Å². The van der Waals surface area contributed by atoms with Crippen LogP contribution in [0, 0.1) is 25.2 Å². The number of fused-ring (bicyclic) bond motifs is 1. The summed E-state index contributed by atoms with van der Waals surface area (Å²) in [6, 6.07) is 18.5. The van der Waals surface area contributed by atoms with E-state index in [4.69, 9.17) is 29.4 Å². The summed E-state index contributed by atoms with van der Waals surface area (Å²) >= 11 is 0. The molecule has 0 saturated carbocycles. The number of hydrogen-bond donors (Lipinski definition) is 1. The molecule has 3 aromatic carbocycles. The van der Waals surface area contributed by atoms with Crippen LogP contribution in [-0.2, 0) is 4.79 Å². The second kappa shape index (κ2) is 13.6. The molecule has 0 aliphatic carbocycles. The minimum absolute atomic E-state index is 0.00981. The number of carbonyl (C=O) groups is 1. The molecule has 0 aromatic heterocycles. The van der Waals surface area contributed by atoms with Crippen LogP contribution >= 0.6 is 0 Å². The van der Waals surface area contributed by atoms with Gasteiger partial charge >= 0.3 is 5.97 Å². The predicted octanol–water partition coefficient (Wildman–Crippen LogP) is 6.47. The Kier molecular flexibility index (Phi) is 9.75. The number of rotatable bonds is 12. The number of ether oxygens (including phenoxy) is 5. The third kappa shape index (κ3) is 7.12. The van der Waals surface area contributed by atoms with Gasteiger partial charge in [0, 0.05) is 11.6 Å². The Labute approximate surface area is 241 Å². The zero-order valence-electron chi connectivity index (χ0n) is 24.0. The van der Waals surface area contributed by atoms with Crippen molar-refractivity contribution in [1.82, 2.24) is 0 Å². The lowest BCUT2D eigenvalue weighted by Crippen LogP contribution is -2.22. The second-order valence-corrected chi connectivity index (χ2v) is 9.83. The van der Waals surface area contributed by atoms with Crippen LogP contribution in [0.5, 0.6) is 28.7 Å². The van der Waals surface area contributed by atoms with Gasteiger partial charge in [-0.15, -0.1) is 0 Å². The van der Waals surface area contributed by atoms with Gasteiger partial charge in [0.25, 0.3) is 0 Å². The van der Waals surface area contributed by atoms with Gasteiger partial charge in [-0.25, -0.2) is 4.79 Å². The van der Waals surface area contributed by atoms with Crippen molar-refractivity contribution in [2.24, 2.45) is 5.73 Å². The monoisotopic (exact) mass is 556 g/mol. The number of esters is 1. The quantitative estimate of drug-likeness (QED) is 0.153. The van der Waals surface area contributed by atoms with Crippen LogP contribution in [0.15, 0.2) is 66.1 Å². The molecule has 1 atom stereocenters. The number of aryl methyl sites for hydroxylation is 2. The fourth-order valence-electron chi connectivity index (χ4n) is 4.57. The molecule has 4 rings (SSSR count). The number of nitriles is 1. The van der Waals surface area contributed by atoms with E-state index in [9.17, 15) is 10.1 Å². The lowest BCUT2D eigenvalue weighted by Gasteiger charge is -2.27. The molecular formula is C33H36N2O6. The van der Waals surface area contributed by atoms with E-state index in [2.05, 4.69) is 13.0 Å². The van der Waals surface area contributed by atoms with Crippen molar-refractivity contribution in [3.05, 3.63) is 88.3 Å². The molecule has 8 nitrogen and oxygen atoms in total. The van der Waals surface area contributed by atoms with Crippen LogP contribution in [0.1, 0.15) is 61.3 Å². The maximum Gasteiger partial charge on any atom is 0.349 e. The fraction of sp³-hybridized carbons (Fsp3) is 0.333. The molecule has 1 aliphatic heterocycles. The third-order valence-corrected chi connectivity index (χ3v) is 6.86. The molecule has 0 amide bonds. The average Bonchev–Trinajstić information content (AvgIpc) is 2.96. The first kappa shape index (κ1) is 29.3. The molecule has 41 heavy (non-hydrogen) atoms. The summed E-state index contributed by atoms with van der Waals surface area (Å²) in [7, 11) is 0. The van der Waals surface area contributed by atoms with Gasteiger partial charge in [0.1, 0.15) is 28.9 Å². The van der Waals surface area contributed by atoms with Crippen molar-refractivity contribution in [3.8, 4) is 34.8 Å². The molecule has 1 unspecified atom stereocenters. The lowest BCUT2D eigenvalue weighted by atomic mass is 9.83. The van der Waals surface area contributed by atoms with Crippen LogP contribution in [0.3, 0.4) is 0 Å². The maximum absolute atomic E-state index is 12.5. The van der Waals surface area contributed by atoms with Crippen LogP contribution in [-0.4, -0.2) is 25.8 Å². The lowest BCUT2D eigenvalue weighted by molar-refractivity contribution is -0.136. The standard InChI is InChI=1S/C33H36N2O6/c1-5-7-8-15-38-28-14-10-23(17-30(28)37-6-2)32-26-13-12-25(18-29(26)41-33(35)27(32)19-34)40-31(36)20-39-24-11-9-21(3)22(4)16-24/h9-14,16-18,32H,5-8,15,20,35H2,1-4H3. The molecule has 3 aromatic rings. The number of nitrogens with two attached hydrogens (primary N) is 1. The molecule has 2 N–H and O–H groups in total. The van der Waals surface area contributed by atoms with E-state index in [0.717, 1.165) is 36.0 Å². The summed E-state index contributed by atoms with van der Waals surface area (Å²) in [4.78, 5) is 12.5. The fourth-order valence-corrected chi connectivity index (χ4v) is 4.57. The van der Waals surface area contributed by atoms with Crippen molar-refractivity contribution in [3.63, 3.8) is 0 Å². The zero-order valence-corrected chi connectivity index (χ0v) is 24.0. The smallest absolute Gasteiger partial charge is 0.349 e. The van der Waals surface area contributed by atoms with Gasteiger partial charge in [0.05, 0.1) is 19.1 Å². The normalized spacial score (nSPS) is 14.0. The highest BCUT2D eigenvalue weighted by molar-refractivity contribution is 5.74. The number of carbonyl (C=O) groups excluding carboxylic acids is 1. The van der Waals surface area contributed by atoms with E-state index in [0.29, 0.717) is 41.8 Å². The molecule has 0 saturated heterocycles. The summed E-state index contributed by atoms with van der Waals surface area (Å²) < 4.78 is 28.8. The number of unbranched alkanes of at least 4 members (excludes halogenated alkanes) is 2. The van der Waals surface area contributed by atoms with Gasteiger partial charge in [-0.2, -0.15) is 5.26 Å². The van der Waals surface area contributed by atoms with Gasteiger partial charge in [0.2, 0.25) is 5.88 Å². The van der Waals surface area contributed by atoms with E-state index in [1.54, 1.807) is 18.2 Å². The topological polar surface area (TPSA) is 113 Å². The largest absolute Gasteiger partial charge is 0.490 e. The Morgan fingerprint density at radius 1 is 0.927 bits per heavy atom. The molecule has 1 aliphatic rings. The minimum Gasteiger partial charge on any atom is -0.490 e. The van der Waals surface area contributed by atoms with Gasteiger partial charge in [-0.05, 0) is 74.2 Å². The Balaban J connectivity index is 1.55. The van der Waals surface area contributed by atoms with Crippen LogP contribution < -0.4 is 29.4 Å². The predicted molar refractivity (Wildman–Crippen MR) is 155 cm³/mol. The van der Waals surface area contributed by atoms with Crippen molar-refractivity contribution in [2.75, 3.05) is 19.8 Å². The highest BCUT2D eigenvalue weighted by atomic mass is 16.6. The summed E-state index contributed by atoms with van der Waals surface area (Å²) in [5.74, 6) is 1.43. The Morgan fingerprint density at radius 3 is 2.46 bits per heavy atom. The van der Waals surface area contributed by atoms with Gasteiger partial charge in [0.15, 0.2) is 18.1 Å². The Morgan fingerprint density at radius 2 is 1.73 bits per heavy atom. The molecule has 214 valence electrons. The van der Waals surface area contributed by atoms with E-state index >= 15 is 0 Å². The van der Waals surface area contributed by atoms with Crippen molar-refractivity contribution < 1.29 is 28.5 Å². The number of nitrogens with zero attached hydrogens (tertiary/aromatic N) is 1. The molecule has 0 bridgehead atoms. The van der Waals surface area contributed by atoms with E-state index in [1.807, 2.05) is 57.2 Å². The maximum atomic E-state index is 12.5. The summed E-state index contributed by atoms with van der Waals surface area (Å²) in [5, 5.41) is 9.96. The highest BCUT2D eigenvalue weighted by Gasteiger charge is 2.32. The van der Waals surface area contributed by atoms with E-state index in [1.165, 1.54) is 0 Å². The highest BCUT2D eigenvalue weighted by Crippen LogP contribution is 2.45. The summed E-state index contributed by atoms with van der Waals surface area (Å²) in [6.45, 7) is 8.85. The van der Waals surface area contributed by atoms with Crippen molar-refractivity contribution >= 4 is 5.97 Å². The molecule has 0 fully saturated rings. The first-order chi connectivity index (χ1) is 19.8. The van der Waals surface area contributed by atoms with Gasteiger partial charge in [-0.3, -0.25) is 0 Å². The number of allylic oxidation sites excluding steroid dienone is 1. The third-order valence-electron chi connectivity index (χ3n) is 6.86. The first-order valence-corrected chi connectivity index (χ1v) is 13.9. The van der Waals surface area contributed by atoms with Gasteiger partial charge in [-0.1, -0.05) is 38.0 Å². The van der Waals surface area contributed by atoms with Gasteiger partial charge < -0.3 is 29.4 Å².